The van der Waals surface area contributed by atoms with Crippen molar-refractivity contribution in [2.45, 2.75) is 59.3 Å². The van der Waals surface area contributed by atoms with Crippen LogP contribution in [0.4, 0.5) is 0 Å². The van der Waals surface area contributed by atoms with Crippen LogP contribution in [-0.2, 0) is 9.59 Å². The summed E-state index contributed by atoms with van der Waals surface area (Å²) in [5.74, 6) is 0.0935. The number of likely N-dealkylation sites (tertiary alicyclic amines) is 1. The first-order valence-corrected chi connectivity index (χ1v) is 8.18. The van der Waals surface area contributed by atoms with Crippen molar-refractivity contribution in [1.82, 2.24) is 9.80 Å². The topological polar surface area (TPSA) is 40.6 Å². The van der Waals surface area contributed by atoms with Gasteiger partial charge in [-0.2, -0.15) is 0 Å². The molecule has 1 rings (SSSR count). The lowest BCUT2D eigenvalue weighted by molar-refractivity contribution is -0.152. The number of hydrogen-bond acceptors (Lipinski definition) is 2. The molecule has 0 aromatic rings. The van der Waals surface area contributed by atoms with Gasteiger partial charge in [-0.05, 0) is 31.6 Å². The van der Waals surface area contributed by atoms with Crippen LogP contribution in [0.2, 0.25) is 0 Å². The third kappa shape index (κ3) is 5.14. The molecule has 1 fully saturated rings. The summed E-state index contributed by atoms with van der Waals surface area (Å²) in [4.78, 5) is 28.2. The Morgan fingerprint density at radius 2 is 1.55 bits per heavy atom. The van der Waals surface area contributed by atoms with Crippen LogP contribution >= 0.6 is 0 Å². The average Bonchev–Trinajstić information content (AvgIpc) is 2.47. The average molecular weight is 282 g/mol. The quantitative estimate of drug-likeness (QED) is 0.703. The molecule has 0 aromatic carbocycles. The molecule has 0 aromatic heterocycles. The molecule has 1 saturated heterocycles. The fourth-order valence-corrected chi connectivity index (χ4v) is 2.50. The summed E-state index contributed by atoms with van der Waals surface area (Å²) in [6, 6.07) is 0. The summed E-state index contributed by atoms with van der Waals surface area (Å²) < 4.78 is 0. The molecule has 20 heavy (non-hydrogen) atoms. The highest BCUT2D eigenvalue weighted by molar-refractivity contribution is 6.34. The van der Waals surface area contributed by atoms with Crippen LogP contribution in [0.3, 0.4) is 0 Å². The normalized spacial score (nSPS) is 16.2. The van der Waals surface area contributed by atoms with Crippen LogP contribution in [0, 0.1) is 5.92 Å². The fourth-order valence-electron chi connectivity index (χ4n) is 2.50. The molecule has 0 atom stereocenters. The molecule has 4 heteroatoms. The van der Waals surface area contributed by atoms with E-state index in [0.29, 0.717) is 19.0 Å². The molecule has 0 unspecified atom stereocenters. The molecule has 4 nitrogen and oxygen atoms in total. The van der Waals surface area contributed by atoms with Crippen LogP contribution in [0.25, 0.3) is 0 Å². The Morgan fingerprint density at radius 3 is 2.00 bits per heavy atom. The van der Waals surface area contributed by atoms with E-state index in [4.69, 9.17) is 0 Å². The van der Waals surface area contributed by atoms with E-state index in [9.17, 15) is 9.59 Å². The minimum absolute atomic E-state index is 0.288. The van der Waals surface area contributed by atoms with Crippen LogP contribution in [0.5, 0.6) is 0 Å². The van der Waals surface area contributed by atoms with E-state index in [1.807, 2.05) is 0 Å². The number of rotatable bonds is 6. The first-order chi connectivity index (χ1) is 9.60. The van der Waals surface area contributed by atoms with Gasteiger partial charge in [0.2, 0.25) is 0 Å². The summed E-state index contributed by atoms with van der Waals surface area (Å²) in [7, 11) is 0. The molecule has 1 aliphatic rings. The minimum atomic E-state index is -0.290. The fraction of sp³-hybridized carbons (Fsp3) is 0.875. The Bertz CT molecular complexity index is 302. The van der Waals surface area contributed by atoms with Gasteiger partial charge in [-0.3, -0.25) is 9.59 Å². The summed E-state index contributed by atoms with van der Waals surface area (Å²) >= 11 is 0. The zero-order chi connectivity index (χ0) is 15.0. The molecule has 0 bridgehead atoms. The molecule has 0 N–H and O–H groups in total. The van der Waals surface area contributed by atoms with E-state index in [2.05, 4.69) is 20.8 Å². The Balaban J connectivity index is 2.55. The van der Waals surface area contributed by atoms with Crippen LogP contribution in [0.15, 0.2) is 0 Å². The third-order valence-electron chi connectivity index (χ3n) is 4.10. The number of piperidine rings is 1. The number of unbranched alkanes of at least 4 members (excludes halogenated alkanes) is 2. The van der Waals surface area contributed by atoms with Crippen molar-refractivity contribution in [2.24, 2.45) is 5.92 Å². The molecule has 2 amide bonds. The first kappa shape index (κ1) is 17.0. The second-order valence-corrected chi connectivity index (χ2v) is 5.97. The van der Waals surface area contributed by atoms with Crippen molar-refractivity contribution in [3.05, 3.63) is 0 Å². The molecule has 1 heterocycles. The van der Waals surface area contributed by atoms with Gasteiger partial charge in [-0.15, -0.1) is 0 Å². The van der Waals surface area contributed by atoms with E-state index >= 15 is 0 Å². The second-order valence-electron chi connectivity index (χ2n) is 5.97. The Hall–Kier alpha value is -1.06. The lowest BCUT2D eigenvalue weighted by Crippen LogP contribution is -2.48. The zero-order valence-corrected chi connectivity index (χ0v) is 13.4. The van der Waals surface area contributed by atoms with Crippen molar-refractivity contribution in [3.63, 3.8) is 0 Å². The van der Waals surface area contributed by atoms with Crippen molar-refractivity contribution >= 4 is 11.8 Å². The van der Waals surface area contributed by atoms with Gasteiger partial charge in [0.05, 0.1) is 0 Å². The predicted molar refractivity (Wildman–Crippen MR) is 81.4 cm³/mol. The predicted octanol–water partition coefficient (Wildman–Crippen LogP) is 2.67. The smallest absolute Gasteiger partial charge is 0.312 e. The maximum absolute atomic E-state index is 12.4. The summed E-state index contributed by atoms with van der Waals surface area (Å²) in [5.41, 5.74) is 0. The number of carbonyl (C=O) groups excluding carboxylic acids is 2. The van der Waals surface area contributed by atoms with E-state index in [-0.39, 0.29) is 11.8 Å². The largest absolute Gasteiger partial charge is 0.334 e. The number of amides is 2. The zero-order valence-electron chi connectivity index (χ0n) is 13.4. The van der Waals surface area contributed by atoms with Gasteiger partial charge in [0.15, 0.2) is 0 Å². The van der Waals surface area contributed by atoms with Gasteiger partial charge in [-0.25, -0.2) is 0 Å². The molecule has 1 aliphatic heterocycles. The summed E-state index contributed by atoms with van der Waals surface area (Å²) in [6.45, 7) is 9.32. The molecule has 0 saturated carbocycles. The minimum Gasteiger partial charge on any atom is -0.334 e. The lowest BCUT2D eigenvalue weighted by Gasteiger charge is -2.31. The van der Waals surface area contributed by atoms with E-state index in [0.717, 1.165) is 51.6 Å². The SMILES string of the molecule is CCCCN(CCCC)C(=O)C(=O)N1CCC(C)CC1. The summed E-state index contributed by atoms with van der Waals surface area (Å²) in [6.07, 6.45) is 6.07. The standard InChI is InChI=1S/C16H30N2O2/c1-4-6-10-17(11-7-5-2)15(19)16(20)18-12-8-14(3)9-13-18/h14H,4-13H2,1-3H3. The van der Waals surface area contributed by atoms with Gasteiger partial charge in [-0.1, -0.05) is 33.6 Å². The monoisotopic (exact) mass is 282 g/mol. The molecular weight excluding hydrogens is 252 g/mol. The highest BCUT2D eigenvalue weighted by Crippen LogP contribution is 2.16. The van der Waals surface area contributed by atoms with Crippen LogP contribution < -0.4 is 0 Å². The maximum Gasteiger partial charge on any atom is 0.312 e. The molecular formula is C16H30N2O2. The highest BCUT2D eigenvalue weighted by Gasteiger charge is 2.28. The van der Waals surface area contributed by atoms with Crippen molar-refractivity contribution in [1.29, 1.82) is 0 Å². The van der Waals surface area contributed by atoms with Crippen LogP contribution in [-0.4, -0.2) is 47.8 Å². The Morgan fingerprint density at radius 1 is 1.05 bits per heavy atom. The van der Waals surface area contributed by atoms with Crippen molar-refractivity contribution in [3.8, 4) is 0 Å². The van der Waals surface area contributed by atoms with Gasteiger partial charge >= 0.3 is 11.8 Å². The maximum atomic E-state index is 12.4. The van der Waals surface area contributed by atoms with Gasteiger partial charge in [0.1, 0.15) is 0 Å². The van der Waals surface area contributed by atoms with E-state index in [1.54, 1.807) is 9.80 Å². The number of carbonyl (C=O) groups is 2. The van der Waals surface area contributed by atoms with E-state index in [1.165, 1.54) is 0 Å². The first-order valence-electron chi connectivity index (χ1n) is 8.18. The highest BCUT2D eigenvalue weighted by atomic mass is 16.2. The van der Waals surface area contributed by atoms with E-state index < -0.39 is 0 Å². The molecule has 0 radical (unpaired) electrons. The molecule has 0 spiro atoms. The number of hydrogen-bond donors (Lipinski definition) is 0. The Labute approximate surface area is 123 Å². The third-order valence-corrected chi connectivity index (χ3v) is 4.10. The Kier molecular flexibility index (Phi) is 7.63. The van der Waals surface area contributed by atoms with Crippen molar-refractivity contribution in [2.75, 3.05) is 26.2 Å². The van der Waals surface area contributed by atoms with Gasteiger partial charge in [0, 0.05) is 26.2 Å². The summed E-state index contributed by atoms with van der Waals surface area (Å²) in [5, 5.41) is 0. The molecule has 116 valence electrons. The van der Waals surface area contributed by atoms with Crippen LogP contribution in [0.1, 0.15) is 59.3 Å². The second kappa shape index (κ2) is 8.98. The molecule has 0 aliphatic carbocycles. The number of nitrogens with zero attached hydrogens (tertiary/aromatic N) is 2. The van der Waals surface area contributed by atoms with Gasteiger partial charge < -0.3 is 9.80 Å². The van der Waals surface area contributed by atoms with Gasteiger partial charge in [0.25, 0.3) is 0 Å². The lowest BCUT2D eigenvalue weighted by atomic mass is 9.99. The van der Waals surface area contributed by atoms with Crippen molar-refractivity contribution < 1.29 is 9.59 Å².